The van der Waals surface area contributed by atoms with Crippen molar-refractivity contribution in [1.29, 1.82) is 0 Å². The average Bonchev–Trinajstić information content (AvgIpc) is 2.36. The van der Waals surface area contributed by atoms with Gasteiger partial charge in [-0.3, -0.25) is 14.9 Å². The quantitative estimate of drug-likeness (QED) is 0.461. The second-order valence-electron chi connectivity index (χ2n) is 3.37. The number of alkyl halides is 2. The molecule has 0 saturated carbocycles. The van der Waals surface area contributed by atoms with Crippen LogP contribution >= 0.6 is 0 Å². The number of nitro groups is 1. The highest BCUT2D eigenvalue weighted by atomic mass is 19.3. The Hall–Kier alpha value is -2.32. The molecule has 0 bridgehead atoms. The summed E-state index contributed by atoms with van der Waals surface area (Å²) in [7, 11) is 2.19. The van der Waals surface area contributed by atoms with Gasteiger partial charge in [0.15, 0.2) is 0 Å². The highest BCUT2D eigenvalue weighted by Gasteiger charge is 2.29. The van der Waals surface area contributed by atoms with E-state index in [0.717, 1.165) is 20.3 Å². The number of ether oxygens (including phenoxy) is 2. The smallest absolute Gasteiger partial charge is 0.339 e. The van der Waals surface area contributed by atoms with Crippen LogP contribution in [-0.2, 0) is 16.0 Å². The highest BCUT2D eigenvalue weighted by molar-refractivity contribution is 5.72. The van der Waals surface area contributed by atoms with Gasteiger partial charge >= 0.3 is 11.7 Å². The van der Waals surface area contributed by atoms with Crippen molar-refractivity contribution < 1.29 is 28.0 Å². The van der Waals surface area contributed by atoms with E-state index >= 15 is 0 Å². The van der Waals surface area contributed by atoms with E-state index in [-0.39, 0.29) is 12.1 Å². The largest absolute Gasteiger partial charge is 0.476 e. The van der Waals surface area contributed by atoms with Gasteiger partial charge in [0.2, 0.25) is 0 Å². The summed E-state index contributed by atoms with van der Waals surface area (Å²) in [6, 6.07) is 0.794. The molecule has 1 rings (SSSR count). The molecule has 0 radical (unpaired) electrons. The number of methoxy groups -OCH3 is 2. The van der Waals surface area contributed by atoms with Crippen molar-refractivity contribution in [3.63, 3.8) is 0 Å². The van der Waals surface area contributed by atoms with Crippen molar-refractivity contribution >= 4 is 11.7 Å². The van der Waals surface area contributed by atoms with Crippen LogP contribution < -0.4 is 4.74 Å². The summed E-state index contributed by atoms with van der Waals surface area (Å²) in [4.78, 5) is 24.5. The summed E-state index contributed by atoms with van der Waals surface area (Å²) < 4.78 is 34.6. The van der Waals surface area contributed by atoms with Gasteiger partial charge in [-0.15, -0.1) is 0 Å². The van der Waals surface area contributed by atoms with Crippen LogP contribution in [0, 0.1) is 10.1 Å². The molecule has 0 N–H and O–H groups in total. The molecule has 1 aromatic heterocycles. The number of nitrogens with zero attached hydrogens (tertiary/aromatic N) is 2. The molecule has 19 heavy (non-hydrogen) atoms. The molecule has 1 aromatic rings. The Morgan fingerprint density at radius 3 is 2.58 bits per heavy atom. The fraction of sp³-hybridized carbons (Fsp3) is 0.400. The second-order valence-corrected chi connectivity index (χ2v) is 3.37. The molecule has 7 nitrogen and oxygen atoms in total. The van der Waals surface area contributed by atoms with Crippen LogP contribution in [0.2, 0.25) is 0 Å². The van der Waals surface area contributed by atoms with Crippen molar-refractivity contribution in [1.82, 2.24) is 4.98 Å². The van der Waals surface area contributed by atoms with Gasteiger partial charge in [-0.25, -0.2) is 13.8 Å². The summed E-state index contributed by atoms with van der Waals surface area (Å²) in [5, 5.41) is 10.8. The van der Waals surface area contributed by atoms with Crippen LogP contribution in [0.25, 0.3) is 0 Å². The Bertz CT molecular complexity index is 507. The number of carbonyl (C=O) groups is 1. The number of pyridine rings is 1. The number of halogens is 2. The summed E-state index contributed by atoms with van der Waals surface area (Å²) in [5.41, 5.74) is -1.86. The van der Waals surface area contributed by atoms with Crippen LogP contribution in [-0.4, -0.2) is 30.1 Å². The van der Waals surface area contributed by atoms with E-state index in [1.807, 2.05) is 0 Å². The van der Waals surface area contributed by atoms with E-state index in [1.54, 1.807) is 0 Å². The summed E-state index contributed by atoms with van der Waals surface area (Å²) in [5.74, 6) is -1.27. The van der Waals surface area contributed by atoms with Crippen LogP contribution in [0.4, 0.5) is 14.5 Å². The SMILES string of the molecule is COC(=O)Cc1cc(C(F)F)c([N+](=O)[O-])c(OC)n1. The molecule has 1 heterocycles. The molecule has 0 fully saturated rings. The maximum Gasteiger partial charge on any atom is 0.339 e. The number of hydrogen-bond donors (Lipinski definition) is 0. The molecule has 0 unspecified atom stereocenters. The van der Waals surface area contributed by atoms with Crippen molar-refractivity contribution in [2.24, 2.45) is 0 Å². The molecule has 0 aromatic carbocycles. The van der Waals surface area contributed by atoms with Crippen molar-refractivity contribution in [3.05, 3.63) is 27.4 Å². The minimum absolute atomic E-state index is 0.0930. The fourth-order valence-corrected chi connectivity index (χ4v) is 1.39. The van der Waals surface area contributed by atoms with Gasteiger partial charge in [0, 0.05) is 0 Å². The Balaban J connectivity index is 3.36. The number of hydrogen-bond acceptors (Lipinski definition) is 6. The lowest BCUT2D eigenvalue weighted by Gasteiger charge is -2.08. The van der Waals surface area contributed by atoms with Crippen LogP contribution in [0.3, 0.4) is 0 Å². The number of rotatable bonds is 5. The van der Waals surface area contributed by atoms with Gasteiger partial charge in [-0.2, -0.15) is 0 Å². The number of aromatic nitrogens is 1. The molecular formula is C10H10F2N2O5. The third-order valence-corrected chi connectivity index (χ3v) is 2.21. The third kappa shape index (κ3) is 3.33. The molecule has 0 aliphatic heterocycles. The van der Waals surface area contributed by atoms with Crippen LogP contribution in [0.15, 0.2) is 6.07 Å². The van der Waals surface area contributed by atoms with Crippen molar-refractivity contribution in [2.75, 3.05) is 14.2 Å². The Labute approximate surface area is 106 Å². The standard InChI is InChI=1S/C10H10F2N2O5/c1-18-7(15)4-5-3-6(9(11)12)8(14(16)17)10(13-5)19-2/h3,9H,4H2,1-2H3. The first-order valence-electron chi connectivity index (χ1n) is 4.97. The summed E-state index contributed by atoms with van der Waals surface area (Å²) >= 11 is 0. The van der Waals surface area contributed by atoms with E-state index in [1.165, 1.54) is 0 Å². The number of esters is 1. The summed E-state index contributed by atoms with van der Waals surface area (Å²) in [6.07, 6.45) is -3.47. The van der Waals surface area contributed by atoms with Gasteiger partial charge in [0.1, 0.15) is 5.56 Å². The normalized spacial score (nSPS) is 10.4. The molecule has 9 heteroatoms. The molecule has 0 aliphatic rings. The van der Waals surface area contributed by atoms with Gasteiger partial charge in [-0.1, -0.05) is 0 Å². The maximum atomic E-state index is 12.8. The molecule has 104 valence electrons. The zero-order valence-electron chi connectivity index (χ0n) is 10.1. The summed E-state index contributed by atoms with van der Waals surface area (Å²) in [6.45, 7) is 0. The zero-order valence-corrected chi connectivity index (χ0v) is 10.1. The molecule has 0 spiro atoms. The topological polar surface area (TPSA) is 91.6 Å². The van der Waals surface area contributed by atoms with E-state index in [0.29, 0.717) is 0 Å². The first-order valence-corrected chi connectivity index (χ1v) is 4.97. The highest BCUT2D eigenvalue weighted by Crippen LogP contribution is 2.35. The molecule has 0 atom stereocenters. The third-order valence-electron chi connectivity index (χ3n) is 2.21. The monoisotopic (exact) mass is 276 g/mol. The molecular weight excluding hydrogens is 266 g/mol. The predicted molar refractivity (Wildman–Crippen MR) is 58.1 cm³/mol. The van der Waals surface area contributed by atoms with Crippen molar-refractivity contribution in [3.8, 4) is 5.88 Å². The first-order chi connectivity index (χ1) is 8.90. The van der Waals surface area contributed by atoms with E-state index in [4.69, 9.17) is 0 Å². The first kappa shape index (κ1) is 14.7. The Kier molecular flexibility index (Phi) is 4.67. The fourth-order valence-electron chi connectivity index (χ4n) is 1.39. The van der Waals surface area contributed by atoms with Crippen molar-refractivity contribution in [2.45, 2.75) is 12.8 Å². The van der Waals surface area contributed by atoms with Gasteiger partial charge in [0.05, 0.1) is 31.3 Å². The lowest BCUT2D eigenvalue weighted by molar-refractivity contribution is -0.387. The zero-order chi connectivity index (χ0) is 14.6. The lowest BCUT2D eigenvalue weighted by atomic mass is 10.1. The van der Waals surface area contributed by atoms with E-state index in [2.05, 4.69) is 14.5 Å². The average molecular weight is 276 g/mol. The van der Waals surface area contributed by atoms with Crippen LogP contribution in [0.1, 0.15) is 17.7 Å². The minimum atomic E-state index is -3.09. The molecule has 0 aliphatic carbocycles. The van der Waals surface area contributed by atoms with E-state index in [9.17, 15) is 23.7 Å². The Morgan fingerprint density at radius 1 is 1.53 bits per heavy atom. The second kappa shape index (κ2) is 6.03. The molecule has 0 amide bonds. The maximum absolute atomic E-state index is 12.8. The predicted octanol–water partition coefficient (Wildman–Crippen LogP) is 1.65. The van der Waals surface area contributed by atoms with Crippen LogP contribution in [0.5, 0.6) is 5.88 Å². The number of carbonyl (C=O) groups excluding carboxylic acids is 1. The Morgan fingerprint density at radius 2 is 2.16 bits per heavy atom. The minimum Gasteiger partial charge on any atom is -0.476 e. The van der Waals surface area contributed by atoms with Gasteiger partial charge in [-0.05, 0) is 6.07 Å². The lowest BCUT2D eigenvalue weighted by Crippen LogP contribution is -2.09. The van der Waals surface area contributed by atoms with Gasteiger partial charge < -0.3 is 9.47 Å². The van der Waals surface area contributed by atoms with Gasteiger partial charge in [0.25, 0.3) is 12.3 Å². The molecule has 0 saturated heterocycles. The van der Waals surface area contributed by atoms with E-state index < -0.39 is 34.4 Å².